The number of hydrogen-bond donors (Lipinski definition) is 0. The molecule has 0 fully saturated rings. The number of amides is 1. The first-order chi connectivity index (χ1) is 10.7. The van der Waals surface area contributed by atoms with Gasteiger partial charge in [0.1, 0.15) is 24.0 Å². The molecule has 0 aromatic heterocycles. The quantitative estimate of drug-likeness (QED) is 0.781. The highest BCUT2D eigenvalue weighted by atomic mass is 16.6. The average Bonchev–Trinajstić information content (AvgIpc) is 2.63. The van der Waals surface area contributed by atoms with E-state index in [9.17, 15) is 9.59 Å². The highest BCUT2D eigenvalue weighted by Crippen LogP contribution is 2.26. The predicted molar refractivity (Wildman–Crippen MR) is 83.0 cm³/mol. The molecule has 0 N–H and O–H groups in total. The second-order valence-electron chi connectivity index (χ2n) is 6.38. The van der Waals surface area contributed by atoms with Gasteiger partial charge in [-0.05, 0) is 45.9 Å². The second kappa shape index (κ2) is 6.29. The van der Waals surface area contributed by atoms with Gasteiger partial charge >= 0.3 is 5.97 Å². The molecule has 1 atom stereocenters. The van der Waals surface area contributed by atoms with Crippen LogP contribution >= 0.6 is 0 Å². The smallest absolute Gasteiger partial charge is 0.329 e. The molecule has 0 saturated carbocycles. The molecule has 1 aromatic rings. The highest BCUT2D eigenvalue weighted by Gasteiger charge is 2.33. The van der Waals surface area contributed by atoms with Gasteiger partial charge in [-0.15, -0.1) is 0 Å². The molecule has 0 radical (unpaired) electrons. The summed E-state index contributed by atoms with van der Waals surface area (Å²) in [7, 11) is 0. The van der Waals surface area contributed by atoms with Crippen LogP contribution in [0, 0.1) is 11.3 Å². The fourth-order valence-corrected chi connectivity index (χ4v) is 2.28. The molecule has 0 spiro atoms. The van der Waals surface area contributed by atoms with E-state index >= 15 is 0 Å². The van der Waals surface area contributed by atoms with Gasteiger partial charge in [-0.1, -0.05) is 0 Å². The number of carbonyl (C=O) groups is 2. The molecule has 6 heteroatoms. The van der Waals surface area contributed by atoms with Crippen molar-refractivity contribution in [3.63, 3.8) is 0 Å². The number of fused-ring (bicyclic) bond motifs is 1. The summed E-state index contributed by atoms with van der Waals surface area (Å²) in [6.45, 7) is 7.51. The van der Waals surface area contributed by atoms with Gasteiger partial charge in [0.2, 0.25) is 0 Å². The van der Waals surface area contributed by atoms with Crippen LogP contribution in [-0.4, -0.2) is 41.6 Å². The van der Waals surface area contributed by atoms with Crippen LogP contribution in [-0.2, 0) is 9.53 Å². The van der Waals surface area contributed by atoms with Gasteiger partial charge in [0, 0.05) is 0 Å². The number of hydrogen-bond acceptors (Lipinski definition) is 5. The molecule has 23 heavy (non-hydrogen) atoms. The van der Waals surface area contributed by atoms with Crippen molar-refractivity contribution < 1.29 is 19.1 Å². The SMILES string of the molecule is C[C@@H](C(=O)OC(C)(C)C)N1CCOc2cc(C#N)ccc2C1=O. The van der Waals surface area contributed by atoms with Crippen molar-refractivity contribution in [1.29, 1.82) is 5.26 Å². The molecule has 0 aliphatic carbocycles. The monoisotopic (exact) mass is 316 g/mol. The molecule has 1 amide bonds. The van der Waals surface area contributed by atoms with Gasteiger partial charge in [0.05, 0.1) is 23.7 Å². The van der Waals surface area contributed by atoms with Crippen molar-refractivity contribution in [2.75, 3.05) is 13.2 Å². The Hall–Kier alpha value is -2.55. The maximum absolute atomic E-state index is 12.7. The number of ether oxygens (including phenoxy) is 2. The lowest BCUT2D eigenvalue weighted by molar-refractivity contribution is -0.159. The van der Waals surface area contributed by atoms with Gasteiger partial charge in [-0.25, -0.2) is 4.79 Å². The van der Waals surface area contributed by atoms with E-state index in [4.69, 9.17) is 14.7 Å². The Balaban J connectivity index is 2.26. The minimum atomic E-state index is -0.716. The number of rotatable bonds is 2. The summed E-state index contributed by atoms with van der Waals surface area (Å²) in [5.74, 6) is -0.392. The summed E-state index contributed by atoms with van der Waals surface area (Å²) in [6.07, 6.45) is 0. The zero-order chi connectivity index (χ0) is 17.2. The van der Waals surface area contributed by atoms with E-state index in [0.717, 1.165) is 0 Å². The maximum atomic E-state index is 12.7. The normalized spacial score (nSPS) is 15.8. The number of nitrogens with zero attached hydrogens (tertiary/aromatic N) is 2. The molecular weight excluding hydrogens is 296 g/mol. The van der Waals surface area contributed by atoms with Crippen molar-refractivity contribution in [2.24, 2.45) is 0 Å². The van der Waals surface area contributed by atoms with Gasteiger partial charge < -0.3 is 14.4 Å². The van der Waals surface area contributed by atoms with E-state index in [1.807, 2.05) is 6.07 Å². The number of nitriles is 1. The van der Waals surface area contributed by atoms with Gasteiger partial charge in [-0.3, -0.25) is 4.79 Å². The van der Waals surface area contributed by atoms with Gasteiger partial charge in [-0.2, -0.15) is 5.26 Å². The molecular formula is C17H20N2O4. The topological polar surface area (TPSA) is 79.6 Å². The third-order valence-corrected chi connectivity index (χ3v) is 3.41. The van der Waals surface area contributed by atoms with Crippen molar-refractivity contribution in [3.05, 3.63) is 29.3 Å². The van der Waals surface area contributed by atoms with Crippen molar-refractivity contribution >= 4 is 11.9 Å². The van der Waals surface area contributed by atoms with Crippen LogP contribution in [0.4, 0.5) is 0 Å². The lowest BCUT2D eigenvalue weighted by atomic mass is 10.1. The van der Waals surface area contributed by atoms with E-state index < -0.39 is 17.6 Å². The largest absolute Gasteiger partial charge is 0.491 e. The lowest BCUT2D eigenvalue weighted by Gasteiger charge is -2.29. The van der Waals surface area contributed by atoms with E-state index in [0.29, 0.717) is 16.9 Å². The summed E-state index contributed by atoms with van der Waals surface area (Å²) in [4.78, 5) is 26.4. The van der Waals surface area contributed by atoms with Crippen molar-refractivity contribution in [3.8, 4) is 11.8 Å². The molecule has 0 unspecified atom stereocenters. The molecule has 1 aliphatic rings. The van der Waals surface area contributed by atoms with Crippen molar-refractivity contribution in [1.82, 2.24) is 4.90 Å². The first-order valence-electron chi connectivity index (χ1n) is 7.43. The van der Waals surface area contributed by atoms with Crippen LogP contribution in [0.1, 0.15) is 43.6 Å². The summed E-state index contributed by atoms with van der Waals surface area (Å²) in [6, 6.07) is 5.94. The van der Waals surface area contributed by atoms with E-state index in [2.05, 4.69) is 0 Å². The molecule has 0 saturated heterocycles. The van der Waals surface area contributed by atoms with Crippen LogP contribution in [0.15, 0.2) is 18.2 Å². The van der Waals surface area contributed by atoms with E-state index in [-0.39, 0.29) is 19.1 Å². The molecule has 122 valence electrons. The second-order valence-corrected chi connectivity index (χ2v) is 6.38. The third-order valence-electron chi connectivity index (χ3n) is 3.41. The van der Waals surface area contributed by atoms with Gasteiger partial charge in [0.25, 0.3) is 5.91 Å². The standard InChI is InChI=1S/C17H20N2O4/c1-11(16(21)23-17(2,3)4)19-7-8-22-14-9-12(10-18)5-6-13(14)15(19)20/h5-6,9,11H,7-8H2,1-4H3/t11-/m0/s1. The zero-order valence-electron chi connectivity index (χ0n) is 13.8. The predicted octanol–water partition coefficient (Wildman–Crippen LogP) is 2.12. The summed E-state index contributed by atoms with van der Waals surface area (Å²) >= 11 is 0. The highest BCUT2D eigenvalue weighted by molar-refractivity contribution is 5.99. The summed E-state index contributed by atoms with van der Waals surface area (Å²) < 4.78 is 10.9. The van der Waals surface area contributed by atoms with E-state index in [1.54, 1.807) is 39.8 Å². The summed E-state index contributed by atoms with van der Waals surface area (Å²) in [5, 5.41) is 8.93. The Morgan fingerprint density at radius 2 is 2.13 bits per heavy atom. The Morgan fingerprint density at radius 3 is 2.74 bits per heavy atom. The molecule has 1 heterocycles. The number of benzene rings is 1. The Morgan fingerprint density at radius 1 is 1.43 bits per heavy atom. The molecule has 1 aliphatic heterocycles. The average molecular weight is 316 g/mol. The molecule has 1 aromatic carbocycles. The fraction of sp³-hybridized carbons (Fsp3) is 0.471. The molecule has 2 rings (SSSR count). The Bertz CT molecular complexity index is 670. The van der Waals surface area contributed by atoms with Crippen LogP contribution in [0.25, 0.3) is 0 Å². The van der Waals surface area contributed by atoms with Crippen LogP contribution < -0.4 is 4.74 Å². The summed E-state index contributed by atoms with van der Waals surface area (Å²) in [5.41, 5.74) is 0.151. The van der Waals surface area contributed by atoms with Crippen molar-refractivity contribution in [2.45, 2.75) is 39.3 Å². The van der Waals surface area contributed by atoms with E-state index in [1.165, 1.54) is 11.0 Å². The van der Waals surface area contributed by atoms with Crippen LogP contribution in [0.3, 0.4) is 0 Å². The Kier molecular flexibility index (Phi) is 4.60. The Labute approximate surface area is 135 Å². The number of esters is 1. The molecule has 0 bridgehead atoms. The maximum Gasteiger partial charge on any atom is 0.329 e. The minimum absolute atomic E-state index is 0.251. The minimum Gasteiger partial charge on any atom is -0.491 e. The number of carbonyl (C=O) groups excluding carboxylic acids is 2. The van der Waals surface area contributed by atoms with Crippen LogP contribution in [0.5, 0.6) is 5.75 Å². The zero-order valence-corrected chi connectivity index (χ0v) is 13.8. The lowest BCUT2D eigenvalue weighted by Crippen LogP contribution is -2.46. The molecule has 6 nitrogen and oxygen atoms in total. The van der Waals surface area contributed by atoms with Crippen LogP contribution in [0.2, 0.25) is 0 Å². The van der Waals surface area contributed by atoms with Gasteiger partial charge in [0.15, 0.2) is 0 Å². The fourth-order valence-electron chi connectivity index (χ4n) is 2.28. The third kappa shape index (κ3) is 3.81. The first kappa shape index (κ1) is 16.8. The first-order valence-corrected chi connectivity index (χ1v) is 7.43.